The summed E-state index contributed by atoms with van der Waals surface area (Å²) in [7, 11) is 1.98. The first kappa shape index (κ1) is 50.7. The van der Waals surface area contributed by atoms with Gasteiger partial charge in [-0.3, -0.25) is 9.59 Å². The van der Waals surface area contributed by atoms with Crippen molar-refractivity contribution in [3.05, 3.63) is 69.6 Å². The van der Waals surface area contributed by atoms with Gasteiger partial charge in [0.05, 0.1) is 34.4 Å². The number of H-pyrrole nitrogens is 1. The summed E-state index contributed by atoms with van der Waals surface area (Å²) >= 11 is 0. The number of nitrogens with one attached hydrogen (secondary N) is 2. The topological polar surface area (TPSA) is 129 Å². The predicted molar refractivity (Wildman–Crippen MR) is 289 cm³/mol. The number of Topliss-reactive ketones (excluding diaryl/α,β-unsaturated/α-hetero) is 2. The summed E-state index contributed by atoms with van der Waals surface area (Å²) in [6.45, 7) is 18.1. The van der Waals surface area contributed by atoms with E-state index in [1.54, 1.807) is 0 Å². The minimum Gasteiger partial charge on any atom is -0.392 e. The van der Waals surface area contributed by atoms with Gasteiger partial charge in [0, 0.05) is 67.1 Å². The molecule has 2 saturated heterocycles. The molecule has 5 saturated carbocycles. The average molecular weight is 998 g/mol. The molecule has 5 heterocycles. The van der Waals surface area contributed by atoms with E-state index in [4.69, 9.17) is 9.47 Å². The lowest BCUT2D eigenvalue weighted by Crippen LogP contribution is -2.68. The summed E-state index contributed by atoms with van der Waals surface area (Å²) in [5.41, 5.74) is 8.79. The molecule has 1 spiro atoms. The van der Waals surface area contributed by atoms with Gasteiger partial charge in [-0.15, -0.1) is 0 Å². The van der Waals surface area contributed by atoms with Crippen LogP contribution in [0, 0.1) is 44.8 Å². The number of carbonyl (C=O) groups excluding carboxylic acids is 2. The zero-order valence-electron chi connectivity index (χ0n) is 46.2. The van der Waals surface area contributed by atoms with Crippen LogP contribution in [-0.2, 0) is 38.4 Å². The van der Waals surface area contributed by atoms with Gasteiger partial charge in [-0.05, 0) is 184 Å². The predicted octanol–water partition coefficient (Wildman–Crippen LogP) is 12.4. The molecule has 0 amide bonds. The van der Waals surface area contributed by atoms with E-state index in [-0.39, 0.29) is 46.1 Å². The van der Waals surface area contributed by atoms with Crippen LogP contribution < -0.4 is 5.32 Å². The third-order valence-corrected chi connectivity index (χ3v) is 23.5. The Hall–Kier alpha value is -3.08. The molecule has 398 valence electrons. The van der Waals surface area contributed by atoms with Crippen molar-refractivity contribution in [3.63, 3.8) is 0 Å². The molecule has 3 aliphatic heterocycles. The molecule has 9 heteroatoms. The van der Waals surface area contributed by atoms with E-state index in [9.17, 15) is 15.0 Å². The molecule has 12 rings (SSSR count). The highest BCUT2D eigenvalue weighted by atomic mass is 16.6. The molecule has 4 N–H and O–H groups in total. The first-order valence-electron chi connectivity index (χ1n) is 29.7. The Morgan fingerprint density at radius 3 is 2.32 bits per heavy atom. The van der Waals surface area contributed by atoms with Crippen LogP contribution in [-0.4, -0.2) is 81.0 Å². The minimum atomic E-state index is -0.729. The lowest BCUT2D eigenvalue weighted by molar-refractivity contribution is -0.222. The number of rotatable bonds is 10. The zero-order chi connectivity index (χ0) is 51.1. The summed E-state index contributed by atoms with van der Waals surface area (Å²) in [4.78, 5) is 33.6. The van der Waals surface area contributed by atoms with Crippen LogP contribution in [0.15, 0.2) is 41.7 Å². The number of hydrogen-bond acceptors (Lipinski definition) is 7. The molecule has 9 nitrogen and oxygen atoms in total. The Morgan fingerprint density at radius 1 is 0.863 bits per heavy atom. The van der Waals surface area contributed by atoms with Gasteiger partial charge in [-0.2, -0.15) is 0 Å². The molecule has 0 bridgehead atoms. The molecule has 0 radical (unpaired) electrons. The molecular formula is C64H91N3O6. The number of hydrogen-bond donors (Lipinski definition) is 4. The monoisotopic (exact) mass is 998 g/mol. The molecule has 9 aliphatic rings. The number of carbonyl (C=O) groups is 2. The van der Waals surface area contributed by atoms with E-state index < -0.39 is 34.1 Å². The Balaban J connectivity index is 0.978. The van der Waals surface area contributed by atoms with Crippen molar-refractivity contribution in [1.29, 1.82) is 0 Å². The van der Waals surface area contributed by atoms with Crippen molar-refractivity contribution >= 4 is 22.6 Å². The van der Waals surface area contributed by atoms with Gasteiger partial charge in [0.2, 0.25) is 0 Å². The lowest BCUT2D eigenvalue weighted by Gasteiger charge is -2.70. The van der Waals surface area contributed by atoms with Crippen LogP contribution in [0.2, 0.25) is 0 Å². The average Bonchev–Trinajstić information content (AvgIpc) is 3.59. The second-order valence-corrected chi connectivity index (χ2v) is 28.1. The summed E-state index contributed by atoms with van der Waals surface area (Å²) in [5, 5.41) is 29.4. The minimum absolute atomic E-state index is 0.0410. The number of aromatic nitrogens is 2. The Kier molecular flexibility index (Phi) is 12.5. The van der Waals surface area contributed by atoms with E-state index in [1.807, 2.05) is 7.05 Å². The second-order valence-electron chi connectivity index (χ2n) is 28.1. The van der Waals surface area contributed by atoms with Crippen molar-refractivity contribution in [1.82, 2.24) is 14.9 Å². The van der Waals surface area contributed by atoms with Crippen molar-refractivity contribution < 1.29 is 29.3 Å². The third kappa shape index (κ3) is 7.96. The number of benzene rings is 1. The lowest BCUT2D eigenvalue weighted by atomic mass is 9.34. The highest BCUT2D eigenvalue weighted by molar-refractivity contribution is 6.02. The van der Waals surface area contributed by atoms with Crippen LogP contribution in [0.5, 0.6) is 0 Å². The molecular weight excluding hydrogens is 907 g/mol. The maximum atomic E-state index is 15.5. The standard InChI is InChI=1S/C64H91N3O6/c1-58(2)57(73-58)48(69)34-59(3)23-17-42-36-66-53-45(31-39-29-43(40-15-11-9-12-16-40)32-44(30-39)41-20-28-72-64(33-41)21-13-10-14-22-64)37-67(54(42)53)38-46-51-52(59)47(68)35-63(51,7)62(6)25-18-49-60(4,26-27-65-8)50(70)19-24-61(49,5)56(62)55(46)71/h29-30,32,36-37,40-41,46,48-49,55-57,65-66,69,71H,9-28,31,33-35,38H2,1-8H3. The van der Waals surface area contributed by atoms with Crippen LogP contribution in [0.1, 0.15) is 217 Å². The fraction of sp³-hybridized carbons (Fsp3) is 0.750. The molecule has 2 aromatic heterocycles. The number of epoxide rings is 1. The number of ketones is 2. The van der Waals surface area contributed by atoms with Gasteiger partial charge >= 0.3 is 0 Å². The summed E-state index contributed by atoms with van der Waals surface area (Å²) < 4.78 is 15.3. The third-order valence-electron chi connectivity index (χ3n) is 23.5. The quantitative estimate of drug-likeness (QED) is 0.149. The second kappa shape index (κ2) is 18.0. The van der Waals surface area contributed by atoms with Crippen LogP contribution in [0.4, 0.5) is 0 Å². The normalized spacial score (nSPS) is 39.6. The number of fused-ring (bicyclic) bond motifs is 4. The van der Waals surface area contributed by atoms with E-state index in [2.05, 4.69) is 93.9 Å². The number of aliphatic hydroxyl groups excluding tert-OH is 2. The first-order valence-corrected chi connectivity index (χ1v) is 29.7. The number of allylic oxidation sites excluding steroid dienone is 1. The number of ether oxygens (including phenoxy) is 2. The van der Waals surface area contributed by atoms with Crippen molar-refractivity contribution in [2.75, 3.05) is 20.2 Å². The molecule has 73 heavy (non-hydrogen) atoms. The maximum absolute atomic E-state index is 15.5. The molecule has 6 aliphatic carbocycles. The van der Waals surface area contributed by atoms with E-state index >= 15 is 4.79 Å². The van der Waals surface area contributed by atoms with Gasteiger partial charge in [0.1, 0.15) is 11.9 Å². The summed E-state index contributed by atoms with van der Waals surface area (Å²) in [5.74, 6) is 1.41. The van der Waals surface area contributed by atoms with Gasteiger partial charge in [-0.25, -0.2) is 0 Å². The van der Waals surface area contributed by atoms with Gasteiger partial charge in [-0.1, -0.05) is 91.3 Å². The number of nitrogens with zero attached hydrogens (tertiary/aromatic N) is 1. The smallest absolute Gasteiger partial charge is 0.160 e. The summed E-state index contributed by atoms with van der Waals surface area (Å²) in [6.07, 6.45) is 25.0. The van der Waals surface area contributed by atoms with E-state index in [0.717, 1.165) is 70.1 Å². The first-order chi connectivity index (χ1) is 34.8. The SMILES string of the molecule is CNCCC1(C)C(=O)CCC2(C)C1CCC1(C)C2C(O)C2Cn3cc(Cc4cc(C5CCCCC5)cc(C5CCOC6(CCCCC6)C5)c4)c4[nH]cc(c43)CCC(C)(CC(O)C3OC3(C)C)C3=C2C1(C)CC3=O. The number of aryl methyl sites for hydroxylation is 1. The van der Waals surface area contributed by atoms with Gasteiger partial charge in [0.25, 0.3) is 0 Å². The van der Waals surface area contributed by atoms with Gasteiger partial charge in [0.15, 0.2) is 5.78 Å². The number of aromatic amines is 1. The molecule has 12 unspecified atom stereocenters. The molecule has 1 aromatic carbocycles. The Bertz CT molecular complexity index is 2680. The molecule has 3 aromatic rings. The van der Waals surface area contributed by atoms with Crippen molar-refractivity contribution in [2.24, 2.45) is 44.8 Å². The highest BCUT2D eigenvalue weighted by Gasteiger charge is 2.73. The highest BCUT2D eigenvalue weighted by Crippen LogP contribution is 2.76. The Morgan fingerprint density at radius 2 is 1.59 bits per heavy atom. The fourth-order valence-corrected chi connectivity index (χ4v) is 19.5. The molecule has 7 fully saturated rings. The fourth-order valence-electron chi connectivity index (χ4n) is 19.5. The van der Waals surface area contributed by atoms with Crippen molar-refractivity contribution in [2.45, 2.75) is 238 Å². The van der Waals surface area contributed by atoms with E-state index in [1.165, 1.54) is 109 Å². The van der Waals surface area contributed by atoms with Crippen LogP contribution >= 0.6 is 0 Å². The van der Waals surface area contributed by atoms with E-state index in [0.29, 0.717) is 49.8 Å². The van der Waals surface area contributed by atoms with Crippen LogP contribution in [0.25, 0.3) is 11.0 Å². The van der Waals surface area contributed by atoms with Crippen LogP contribution in [0.3, 0.4) is 0 Å². The maximum Gasteiger partial charge on any atom is 0.160 e. The molecule has 12 atom stereocenters. The van der Waals surface area contributed by atoms with Gasteiger partial charge < -0.3 is 34.6 Å². The number of aliphatic hydroxyl groups is 2. The summed E-state index contributed by atoms with van der Waals surface area (Å²) in [6, 6.07) is 7.75. The van der Waals surface area contributed by atoms with Crippen molar-refractivity contribution in [3.8, 4) is 0 Å². The zero-order valence-corrected chi connectivity index (χ0v) is 46.2. The largest absolute Gasteiger partial charge is 0.392 e. The Labute approximate surface area is 437 Å².